The molecule has 2 saturated heterocycles. The van der Waals surface area contributed by atoms with Gasteiger partial charge in [0.1, 0.15) is 42.4 Å². The summed E-state index contributed by atoms with van der Waals surface area (Å²) in [5.74, 6) is -0.476. The van der Waals surface area contributed by atoms with Crippen LogP contribution in [0.3, 0.4) is 0 Å². The van der Waals surface area contributed by atoms with E-state index in [9.17, 15) is 28.8 Å². The number of aromatic amines is 1. The van der Waals surface area contributed by atoms with Crippen LogP contribution in [-0.2, 0) is 36.7 Å². The van der Waals surface area contributed by atoms with E-state index in [4.69, 9.17) is 39.0 Å². The van der Waals surface area contributed by atoms with E-state index in [-0.39, 0.29) is 88.0 Å². The number of hydrogen-bond donors (Lipinski definition) is 4. The van der Waals surface area contributed by atoms with Gasteiger partial charge in [-0.05, 0) is 12.3 Å². The number of phosphoric acid groups is 2. The standard InChI is InChI=1S/C23H28N10O12P2.2Na/c1-40-13-9(3-34)42-21(33-7-29-11-19(33)30-22(25)31-20(11)35)15(13)44-46(36,37)41-4-23-2-8(23)12(14-16(23)45-47(38,39)43-14)32-6-28-10-17(24)26-5-27-18(10)32;;/h5-9,12-16,21,34H,2-4H2,1H3,(H,36,37)(H,38,39)(H2,24,26,27)(H3,25,30,31,35);;/q;2*+1/p-2/t8-,9-,12-,13-,14+,15-,16+,21-,23?;;/m1../s1. The monoisotopic (exact) mass is 742 g/mol. The Labute approximate surface area is 319 Å². The van der Waals surface area contributed by atoms with Crippen LogP contribution in [0.25, 0.3) is 22.3 Å². The van der Waals surface area contributed by atoms with Gasteiger partial charge in [-0.3, -0.25) is 23.5 Å². The Kier molecular flexibility index (Phi) is 10.1. The van der Waals surface area contributed by atoms with Crippen LogP contribution in [0.4, 0.5) is 11.8 Å². The van der Waals surface area contributed by atoms with E-state index in [2.05, 4.69) is 29.9 Å². The van der Waals surface area contributed by atoms with E-state index in [1.54, 1.807) is 4.57 Å². The SMILES string of the molecule is CO[C@H]1[C@@H](OP(=O)([O-])OCC23C[C@@H]2[C@@H](n2cnc4c(N)ncnc42)[C@@H]2OP(=O)([O-])O[C@@H]23)[C@H](n2cnc3c(=O)[nH]c(N)nc32)O[C@@H]1CO.[Na+].[Na+]. The van der Waals surface area contributed by atoms with Gasteiger partial charge in [-0.15, -0.1) is 0 Å². The number of nitrogen functional groups attached to an aromatic ring is 2. The fourth-order valence-electron chi connectivity index (χ4n) is 7.14. The fourth-order valence-corrected chi connectivity index (χ4v) is 9.31. The number of fused-ring (bicyclic) bond motifs is 5. The topological polar surface area (TPSA) is 315 Å². The van der Waals surface area contributed by atoms with Crippen LogP contribution in [0.5, 0.6) is 0 Å². The van der Waals surface area contributed by atoms with Crippen molar-refractivity contribution in [1.82, 2.24) is 39.0 Å². The first-order valence-corrected chi connectivity index (χ1v) is 17.0. The second-order valence-electron chi connectivity index (χ2n) is 11.7. The number of phosphoric ester groups is 2. The average molecular weight is 742 g/mol. The number of hydrogen-bond acceptors (Lipinski definition) is 19. The molecule has 22 nitrogen and oxygen atoms in total. The van der Waals surface area contributed by atoms with Crippen molar-refractivity contribution >= 4 is 49.7 Å². The molecule has 0 spiro atoms. The number of ether oxygens (including phenoxy) is 2. The van der Waals surface area contributed by atoms with Gasteiger partial charge in [0.05, 0.1) is 31.9 Å². The molecule has 2 aliphatic carbocycles. The Morgan fingerprint density at radius 2 is 1.88 bits per heavy atom. The summed E-state index contributed by atoms with van der Waals surface area (Å²) >= 11 is 0. The Balaban J connectivity index is 0.00000208. The second kappa shape index (κ2) is 13.2. The van der Waals surface area contributed by atoms with Crippen molar-refractivity contribution in [3.05, 3.63) is 29.3 Å². The third-order valence-electron chi connectivity index (χ3n) is 9.20. The van der Waals surface area contributed by atoms with Crippen molar-refractivity contribution in [3.8, 4) is 0 Å². The molecule has 252 valence electrons. The van der Waals surface area contributed by atoms with E-state index in [0.717, 1.165) is 0 Å². The molecule has 8 rings (SSSR count). The number of nitrogens with two attached hydrogens (primary N) is 2. The number of anilines is 2. The quantitative estimate of drug-likeness (QED) is 0.0914. The Morgan fingerprint density at radius 1 is 1.14 bits per heavy atom. The summed E-state index contributed by atoms with van der Waals surface area (Å²) in [6, 6.07) is -0.673. The summed E-state index contributed by atoms with van der Waals surface area (Å²) in [4.78, 5) is 61.1. The summed E-state index contributed by atoms with van der Waals surface area (Å²) in [5, 5.41) is 9.95. The number of imidazole rings is 2. The molecule has 2 aliphatic heterocycles. The summed E-state index contributed by atoms with van der Waals surface area (Å²) in [6.45, 7) is -1.10. The predicted molar refractivity (Wildman–Crippen MR) is 149 cm³/mol. The molecular weight excluding hydrogens is 716 g/mol. The number of nitrogens with one attached hydrogen (secondary N) is 1. The molecule has 0 radical (unpaired) electrons. The van der Waals surface area contributed by atoms with Crippen molar-refractivity contribution in [3.63, 3.8) is 0 Å². The molecule has 49 heavy (non-hydrogen) atoms. The molecule has 2 saturated carbocycles. The Bertz CT molecular complexity index is 2070. The summed E-state index contributed by atoms with van der Waals surface area (Å²) in [5.41, 5.74) is 10.4. The maximum Gasteiger partial charge on any atom is 1.00 e. The van der Waals surface area contributed by atoms with Gasteiger partial charge in [0.15, 0.2) is 28.9 Å². The number of aromatic nitrogens is 8. The van der Waals surface area contributed by atoms with Crippen LogP contribution in [0.1, 0.15) is 18.7 Å². The van der Waals surface area contributed by atoms with E-state index in [0.29, 0.717) is 17.6 Å². The van der Waals surface area contributed by atoms with Crippen LogP contribution in [-0.4, -0.2) is 95.0 Å². The first kappa shape index (κ1) is 37.4. The minimum Gasteiger partial charge on any atom is -0.756 e. The van der Waals surface area contributed by atoms with Gasteiger partial charge in [-0.1, -0.05) is 0 Å². The van der Waals surface area contributed by atoms with Crippen molar-refractivity contribution in [1.29, 1.82) is 0 Å². The number of nitrogens with zero attached hydrogens (tertiary/aromatic N) is 7. The molecule has 0 aromatic carbocycles. The second-order valence-corrected chi connectivity index (χ2v) is 14.4. The first-order chi connectivity index (χ1) is 22.4. The van der Waals surface area contributed by atoms with Crippen LogP contribution < -0.4 is 85.9 Å². The molecule has 4 aromatic rings. The largest absolute Gasteiger partial charge is 1.00 e. The smallest absolute Gasteiger partial charge is 0.756 e. The fraction of sp³-hybridized carbons (Fsp3) is 0.565. The van der Waals surface area contributed by atoms with E-state index < -0.39 is 82.6 Å². The third kappa shape index (κ3) is 6.07. The average Bonchev–Trinajstić information content (AvgIpc) is 3.46. The van der Waals surface area contributed by atoms with Gasteiger partial charge in [0.25, 0.3) is 21.2 Å². The molecule has 4 aliphatic rings. The van der Waals surface area contributed by atoms with Crippen molar-refractivity contribution < 1.29 is 111 Å². The number of rotatable bonds is 9. The third-order valence-corrected chi connectivity index (χ3v) is 11.1. The maximum atomic E-state index is 13.4. The van der Waals surface area contributed by atoms with Crippen LogP contribution in [0.15, 0.2) is 23.8 Å². The molecule has 0 bridgehead atoms. The normalized spacial score (nSPS) is 35.8. The van der Waals surface area contributed by atoms with Gasteiger partial charge in [0, 0.05) is 12.5 Å². The van der Waals surface area contributed by atoms with Crippen LogP contribution in [0, 0.1) is 11.3 Å². The number of aliphatic hydroxyl groups is 1. The summed E-state index contributed by atoms with van der Waals surface area (Å²) in [6.07, 6.45) is -2.94. The van der Waals surface area contributed by atoms with E-state index in [1.807, 2.05) is 0 Å². The molecule has 3 unspecified atom stereocenters. The number of methoxy groups -OCH3 is 1. The van der Waals surface area contributed by atoms with Crippen molar-refractivity contribution in [2.45, 2.75) is 49.2 Å². The molecule has 4 fully saturated rings. The zero-order valence-electron chi connectivity index (χ0n) is 26.1. The predicted octanol–water partition coefficient (Wildman–Crippen LogP) is -8.28. The Hall–Kier alpha value is -1.40. The van der Waals surface area contributed by atoms with Crippen molar-refractivity contribution in [2.75, 3.05) is 31.8 Å². The van der Waals surface area contributed by atoms with Crippen LogP contribution >= 0.6 is 15.6 Å². The van der Waals surface area contributed by atoms with Crippen molar-refractivity contribution in [2.24, 2.45) is 11.3 Å². The summed E-state index contributed by atoms with van der Waals surface area (Å²) < 4.78 is 61.7. The molecule has 4 aromatic heterocycles. The van der Waals surface area contributed by atoms with Gasteiger partial charge in [-0.25, -0.2) is 19.9 Å². The summed E-state index contributed by atoms with van der Waals surface area (Å²) in [7, 11) is -8.72. The molecule has 6 heterocycles. The minimum atomic E-state index is -5.25. The Morgan fingerprint density at radius 3 is 2.61 bits per heavy atom. The molecule has 0 amide bonds. The van der Waals surface area contributed by atoms with Crippen LogP contribution in [0.2, 0.25) is 0 Å². The zero-order chi connectivity index (χ0) is 33.0. The first-order valence-electron chi connectivity index (χ1n) is 14.1. The maximum absolute atomic E-state index is 13.4. The van der Waals surface area contributed by atoms with Gasteiger partial charge < -0.3 is 58.5 Å². The molecule has 26 heteroatoms. The van der Waals surface area contributed by atoms with E-state index >= 15 is 0 Å². The minimum absolute atomic E-state index is 0. The zero-order valence-corrected chi connectivity index (χ0v) is 31.9. The van der Waals surface area contributed by atoms with Gasteiger partial charge in [0.2, 0.25) is 5.95 Å². The van der Waals surface area contributed by atoms with Gasteiger partial charge in [-0.2, -0.15) is 4.98 Å². The molecular formula is C23H26N10Na2O12P2. The van der Waals surface area contributed by atoms with Gasteiger partial charge >= 0.3 is 59.1 Å². The number of aliphatic hydroxyl groups excluding tert-OH is 1. The van der Waals surface area contributed by atoms with E-state index in [1.165, 1.54) is 30.7 Å². The number of H-pyrrole nitrogens is 1. The molecule has 6 N–H and O–H groups in total. The molecule has 11 atom stereocenters.